The van der Waals surface area contributed by atoms with Crippen molar-refractivity contribution >= 4 is 23.1 Å². The number of carbonyl (C=O) groups excluding carboxylic acids is 1. The molecule has 0 aliphatic carbocycles. The summed E-state index contributed by atoms with van der Waals surface area (Å²) >= 11 is 1.85. The van der Waals surface area contributed by atoms with Crippen molar-refractivity contribution in [1.29, 1.82) is 0 Å². The van der Waals surface area contributed by atoms with E-state index in [1.54, 1.807) is 12.0 Å². The molecule has 5 nitrogen and oxygen atoms in total. The smallest absolute Gasteiger partial charge is 0.319 e. The average Bonchev–Trinajstić information content (AvgIpc) is 3.22. The van der Waals surface area contributed by atoms with Crippen LogP contribution in [0.1, 0.15) is 30.6 Å². The van der Waals surface area contributed by atoms with Crippen molar-refractivity contribution in [3.8, 4) is 5.75 Å². The highest BCUT2D eigenvalue weighted by atomic mass is 32.1. The van der Waals surface area contributed by atoms with E-state index in [9.17, 15) is 4.79 Å². The normalized spacial score (nSPS) is 27.1. The standard InChI is InChI=1S/C20H25N3O2S/c1-25-18-5-2-4-14(12-18)21-20(24)22-15-10-16-7-8-17(11-15)23(16)13-19-6-3-9-26-19/h2-6,9,12,15-17H,7-8,10-11,13H2,1H3,(H2,21,22,24)/p+1/t15?,16-,17+. The number of ether oxygens (including phenoxy) is 1. The van der Waals surface area contributed by atoms with Crippen molar-refractivity contribution in [3.63, 3.8) is 0 Å². The number of methoxy groups -OCH3 is 1. The van der Waals surface area contributed by atoms with E-state index in [4.69, 9.17) is 4.74 Å². The fourth-order valence-electron chi connectivity index (χ4n) is 4.50. The van der Waals surface area contributed by atoms with Gasteiger partial charge >= 0.3 is 6.03 Å². The van der Waals surface area contributed by atoms with Crippen molar-refractivity contribution in [3.05, 3.63) is 46.7 Å². The lowest BCUT2D eigenvalue weighted by molar-refractivity contribution is -0.954. The lowest BCUT2D eigenvalue weighted by atomic mass is 9.97. The Morgan fingerprint density at radius 1 is 1.23 bits per heavy atom. The van der Waals surface area contributed by atoms with Gasteiger partial charge in [0.05, 0.1) is 24.1 Å². The second-order valence-corrected chi connectivity index (χ2v) is 8.33. The Labute approximate surface area is 158 Å². The molecule has 6 heteroatoms. The number of nitrogens with one attached hydrogen (secondary N) is 3. The molecule has 4 rings (SSSR count). The zero-order valence-electron chi connectivity index (χ0n) is 15.0. The quantitative estimate of drug-likeness (QED) is 0.756. The first kappa shape index (κ1) is 17.4. The number of quaternary nitrogens is 1. The van der Waals surface area contributed by atoms with Crippen molar-refractivity contribution < 1.29 is 14.4 Å². The van der Waals surface area contributed by atoms with E-state index in [-0.39, 0.29) is 12.1 Å². The van der Waals surface area contributed by atoms with E-state index in [1.165, 1.54) is 17.7 Å². The first-order chi connectivity index (χ1) is 12.7. The minimum Gasteiger partial charge on any atom is -0.497 e. The van der Waals surface area contributed by atoms with Gasteiger partial charge in [0.25, 0.3) is 0 Å². The number of urea groups is 1. The summed E-state index contributed by atoms with van der Waals surface area (Å²) < 4.78 is 5.20. The molecule has 4 atom stereocenters. The van der Waals surface area contributed by atoms with Crippen molar-refractivity contribution in [2.75, 3.05) is 12.4 Å². The van der Waals surface area contributed by atoms with Crippen LogP contribution >= 0.6 is 11.3 Å². The van der Waals surface area contributed by atoms with Crippen LogP contribution in [0.3, 0.4) is 0 Å². The van der Waals surface area contributed by atoms with Gasteiger partial charge < -0.3 is 20.3 Å². The number of fused-ring (bicyclic) bond motifs is 2. The Bertz CT molecular complexity index is 735. The summed E-state index contributed by atoms with van der Waals surface area (Å²) in [5.74, 6) is 0.742. The summed E-state index contributed by atoms with van der Waals surface area (Å²) in [6, 6.07) is 13.3. The van der Waals surface area contributed by atoms with Gasteiger partial charge in [-0.3, -0.25) is 0 Å². The summed E-state index contributed by atoms with van der Waals surface area (Å²) in [5, 5.41) is 8.27. The predicted octanol–water partition coefficient (Wildman–Crippen LogP) is 2.66. The fourth-order valence-corrected chi connectivity index (χ4v) is 5.24. The van der Waals surface area contributed by atoms with E-state index in [0.29, 0.717) is 12.1 Å². The summed E-state index contributed by atoms with van der Waals surface area (Å²) in [4.78, 5) is 15.6. The Hall–Kier alpha value is -2.05. The molecule has 138 valence electrons. The molecule has 3 heterocycles. The summed E-state index contributed by atoms with van der Waals surface area (Å²) in [6.45, 7) is 1.13. The third-order valence-electron chi connectivity index (χ3n) is 5.67. The highest BCUT2D eigenvalue weighted by Gasteiger charge is 2.44. The van der Waals surface area contributed by atoms with Crippen molar-refractivity contribution in [2.24, 2.45) is 0 Å². The van der Waals surface area contributed by atoms with Gasteiger partial charge in [-0.1, -0.05) is 12.1 Å². The minimum atomic E-state index is -0.121. The Kier molecular flexibility index (Phi) is 5.13. The van der Waals surface area contributed by atoms with Crippen LogP contribution in [0.25, 0.3) is 0 Å². The maximum Gasteiger partial charge on any atom is 0.319 e. The third kappa shape index (κ3) is 3.86. The first-order valence-corrected chi connectivity index (χ1v) is 10.2. The molecular formula is C20H26N3O2S+. The molecule has 2 fully saturated rings. The molecule has 0 radical (unpaired) electrons. The number of rotatable bonds is 5. The molecular weight excluding hydrogens is 346 g/mol. The van der Waals surface area contributed by atoms with Crippen LogP contribution in [-0.4, -0.2) is 31.3 Å². The van der Waals surface area contributed by atoms with Crippen LogP contribution in [0.5, 0.6) is 5.75 Å². The summed E-state index contributed by atoms with van der Waals surface area (Å²) in [6.07, 6.45) is 4.70. The first-order valence-electron chi connectivity index (χ1n) is 9.31. The number of piperidine rings is 1. The molecule has 0 spiro atoms. The van der Waals surface area contributed by atoms with Crippen LogP contribution < -0.4 is 20.3 Å². The molecule has 1 aromatic heterocycles. The van der Waals surface area contributed by atoms with Gasteiger partial charge in [-0.25, -0.2) is 4.79 Å². The minimum absolute atomic E-state index is 0.121. The van der Waals surface area contributed by atoms with Crippen LogP contribution in [0.2, 0.25) is 0 Å². The lowest BCUT2D eigenvalue weighted by Crippen LogP contribution is -3.17. The second-order valence-electron chi connectivity index (χ2n) is 7.30. The molecule has 2 aliphatic heterocycles. The molecule has 3 N–H and O–H groups in total. The van der Waals surface area contributed by atoms with E-state index >= 15 is 0 Å². The SMILES string of the molecule is COc1cccc(NC(=O)NC2C[C@H]3CC[C@@H](C2)[NH+]3Cc2cccs2)c1. The highest BCUT2D eigenvalue weighted by molar-refractivity contribution is 7.09. The van der Waals surface area contributed by atoms with E-state index in [0.717, 1.165) is 30.8 Å². The molecule has 2 amide bonds. The molecule has 2 aromatic rings. The van der Waals surface area contributed by atoms with Crippen LogP contribution in [0, 0.1) is 0 Å². The van der Waals surface area contributed by atoms with Gasteiger partial charge in [-0.2, -0.15) is 0 Å². The van der Waals surface area contributed by atoms with Crippen LogP contribution in [0.4, 0.5) is 10.5 Å². The van der Waals surface area contributed by atoms with Crippen molar-refractivity contribution in [1.82, 2.24) is 5.32 Å². The molecule has 2 unspecified atom stereocenters. The van der Waals surface area contributed by atoms with Gasteiger partial charge in [-0.15, -0.1) is 11.3 Å². The average molecular weight is 373 g/mol. The second kappa shape index (κ2) is 7.68. The molecule has 26 heavy (non-hydrogen) atoms. The predicted molar refractivity (Wildman–Crippen MR) is 104 cm³/mol. The number of hydrogen-bond acceptors (Lipinski definition) is 3. The Morgan fingerprint density at radius 3 is 2.73 bits per heavy atom. The Morgan fingerprint density at radius 2 is 2.04 bits per heavy atom. The van der Waals surface area contributed by atoms with Gasteiger partial charge in [-0.05, 0) is 23.6 Å². The van der Waals surface area contributed by atoms with E-state index < -0.39 is 0 Å². The van der Waals surface area contributed by atoms with E-state index in [1.807, 2.05) is 35.6 Å². The number of benzene rings is 1. The van der Waals surface area contributed by atoms with Gasteiger partial charge in [0.2, 0.25) is 0 Å². The van der Waals surface area contributed by atoms with Crippen LogP contribution in [-0.2, 0) is 6.54 Å². The maximum atomic E-state index is 12.4. The van der Waals surface area contributed by atoms with Gasteiger partial charge in [0.1, 0.15) is 12.3 Å². The third-order valence-corrected chi connectivity index (χ3v) is 6.55. The number of hydrogen-bond donors (Lipinski definition) is 3. The topological polar surface area (TPSA) is 54.8 Å². The number of thiophene rings is 1. The lowest BCUT2D eigenvalue weighted by Gasteiger charge is -2.36. The Balaban J connectivity index is 1.32. The van der Waals surface area contributed by atoms with E-state index in [2.05, 4.69) is 28.1 Å². The molecule has 1 aromatic carbocycles. The molecule has 2 bridgehead atoms. The number of carbonyl (C=O) groups is 1. The molecule has 2 aliphatic rings. The highest BCUT2D eigenvalue weighted by Crippen LogP contribution is 2.24. The van der Waals surface area contributed by atoms with Crippen LogP contribution in [0.15, 0.2) is 41.8 Å². The molecule has 2 saturated heterocycles. The monoisotopic (exact) mass is 372 g/mol. The van der Waals surface area contributed by atoms with Crippen molar-refractivity contribution in [2.45, 2.75) is 50.4 Å². The maximum absolute atomic E-state index is 12.4. The fraction of sp³-hybridized carbons (Fsp3) is 0.450. The summed E-state index contributed by atoms with van der Waals surface area (Å²) in [5.41, 5.74) is 0.755. The number of anilines is 1. The van der Waals surface area contributed by atoms with Gasteiger partial charge in [0, 0.05) is 43.5 Å². The molecule has 0 saturated carbocycles. The number of amides is 2. The van der Waals surface area contributed by atoms with Gasteiger partial charge in [0.15, 0.2) is 0 Å². The zero-order valence-corrected chi connectivity index (χ0v) is 15.9. The zero-order chi connectivity index (χ0) is 17.9. The largest absolute Gasteiger partial charge is 0.497 e. The summed E-state index contributed by atoms with van der Waals surface area (Å²) in [7, 11) is 1.63.